The number of nitrogens with zero attached hydrogens (tertiary/aromatic N) is 1. The van der Waals surface area contributed by atoms with Gasteiger partial charge >= 0.3 is 0 Å². The van der Waals surface area contributed by atoms with E-state index in [0.29, 0.717) is 0 Å². The Morgan fingerprint density at radius 2 is 2.30 bits per heavy atom. The number of hydrogen-bond acceptors (Lipinski definition) is 4. The standard InChI is InChI=1S/C5H12BNOS2/c1-3-4-5-7(2)10-8-9-6/h3-5H2,1-2H3. The molecule has 0 aliphatic rings. The lowest BCUT2D eigenvalue weighted by atomic mass is 10.3. The molecule has 0 spiro atoms. The summed E-state index contributed by atoms with van der Waals surface area (Å²) in [4.78, 5) is 0. The largest absolute Gasteiger partial charge is 0.244 e. The smallest absolute Gasteiger partial charge is 0.205 e. The lowest BCUT2D eigenvalue weighted by Gasteiger charge is -2.11. The Bertz CT molecular complexity index is 68.7. The van der Waals surface area contributed by atoms with E-state index in [2.05, 4.69) is 6.92 Å². The van der Waals surface area contributed by atoms with Gasteiger partial charge in [-0.05, 0) is 13.5 Å². The van der Waals surface area contributed by atoms with E-state index in [4.69, 9.17) is 10.8 Å². The summed E-state index contributed by atoms with van der Waals surface area (Å²) in [5.41, 5.74) is 0. The van der Waals surface area contributed by atoms with E-state index in [0.717, 1.165) is 18.4 Å². The number of rotatable bonds is 6. The monoisotopic (exact) mass is 177 g/mol. The Morgan fingerprint density at radius 3 is 2.80 bits per heavy atom. The van der Waals surface area contributed by atoms with Crippen LogP contribution in [0.4, 0.5) is 0 Å². The van der Waals surface area contributed by atoms with Crippen molar-refractivity contribution in [2.24, 2.45) is 0 Å². The van der Waals surface area contributed by atoms with Gasteiger partial charge in [-0.3, -0.25) is 0 Å². The van der Waals surface area contributed by atoms with Gasteiger partial charge in [0.15, 0.2) is 0 Å². The van der Waals surface area contributed by atoms with Gasteiger partial charge in [0.25, 0.3) is 0 Å². The van der Waals surface area contributed by atoms with Gasteiger partial charge in [0.1, 0.15) is 0 Å². The molecule has 0 aromatic carbocycles. The van der Waals surface area contributed by atoms with Crippen LogP contribution in [0.25, 0.3) is 0 Å². The van der Waals surface area contributed by atoms with Crippen LogP contribution >= 0.6 is 24.1 Å². The first-order chi connectivity index (χ1) is 4.81. The van der Waals surface area contributed by atoms with Crippen molar-refractivity contribution >= 4 is 31.2 Å². The summed E-state index contributed by atoms with van der Waals surface area (Å²) in [7, 11) is 7.04. The maximum absolute atomic E-state index is 5.05. The second-order valence-corrected chi connectivity index (χ2v) is 3.45. The summed E-state index contributed by atoms with van der Waals surface area (Å²) < 4.78 is 6.85. The fourth-order valence-electron chi connectivity index (χ4n) is 0.488. The molecule has 0 amide bonds. The van der Waals surface area contributed by atoms with Gasteiger partial charge in [0, 0.05) is 6.54 Å². The van der Waals surface area contributed by atoms with Gasteiger partial charge in [0.05, 0.1) is 12.2 Å². The normalized spacial score (nSPS) is 10.7. The maximum atomic E-state index is 5.05. The van der Waals surface area contributed by atoms with Gasteiger partial charge in [-0.15, -0.1) is 0 Å². The zero-order valence-corrected chi connectivity index (χ0v) is 8.00. The van der Waals surface area contributed by atoms with Crippen molar-refractivity contribution in [2.75, 3.05) is 13.6 Å². The zero-order valence-electron chi connectivity index (χ0n) is 6.37. The van der Waals surface area contributed by atoms with Crippen molar-refractivity contribution in [3.8, 4) is 0 Å². The molecule has 2 radical (unpaired) electrons. The quantitative estimate of drug-likeness (QED) is 0.349. The molecule has 10 heavy (non-hydrogen) atoms. The minimum absolute atomic E-state index is 0.885. The molecule has 0 saturated carbocycles. The second kappa shape index (κ2) is 7.79. The van der Waals surface area contributed by atoms with E-state index < -0.39 is 0 Å². The average Bonchev–Trinajstić information content (AvgIpc) is 1.97. The highest BCUT2D eigenvalue weighted by Gasteiger charge is 1.96. The predicted octanol–water partition coefficient (Wildman–Crippen LogP) is 2.03. The molecule has 0 aliphatic carbocycles. The maximum Gasteiger partial charge on any atom is 0.205 e. The first-order valence-electron chi connectivity index (χ1n) is 3.22. The van der Waals surface area contributed by atoms with E-state index in [1.807, 2.05) is 11.4 Å². The summed E-state index contributed by atoms with van der Waals surface area (Å²) in [6.45, 7) is 3.21. The molecular weight excluding hydrogens is 165 g/mol. The van der Waals surface area contributed by atoms with Crippen LogP contribution in [0.2, 0.25) is 0 Å². The third-order valence-corrected chi connectivity index (χ3v) is 2.02. The van der Waals surface area contributed by atoms with Gasteiger partial charge < -0.3 is 0 Å². The molecule has 5 heteroatoms. The molecule has 0 aromatic heterocycles. The Labute approximate surface area is 72.9 Å². The summed E-state index contributed by atoms with van der Waals surface area (Å²) in [6.07, 6.45) is 2.41. The van der Waals surface area contributed by atoms with Crippen LogP contribution in [-0.2, 0) is 3.63 Å². The van der Waals surface area contributed by atoms with E-state index in [-0.39, 0.29) is 0 Å². The topological polar surface area (TPSA) is 12.5 Å². The lowest BCUT2D eigenvalue weighted by molar-refractivity contribution is 0.511. The van der Waals surface area contributed by atoms with Crippen LogP contribution < -0.4 is 0 Å². The fraction of sp³-hybridized carbons (Fsp3) is 1.00. The van der Waals surface area contributed by atoms with Crippen molar-refractivity contribution in [3.05, 3.63) is 0 Å². The van der Waals surface area contributed by atoms with E-state index in [1.165, 1.54) is 25.1 Å². The molecular formula is C5H12BNOS2. The molecule has 0 atom stereocenters. The molecule has 0 saturated heterocycles. The summed E-state index contributed by atoms with van der Waals surface area (Å²) in [5, 5.41) is 0. The number of hydrogen-bond donors (Lipinski definition) is 0. The molecule has 0 fully saturated rings. The molecule has 0 aliphatic heterocycles. The van der Waals surface area contributed by atoms with Crippen molar-refractivity contribution in [3.63, 3.8) is 0 Å². The molecule has 0 N–H and O–H groups in total. The van der Waals surface area contributed by atoms with Gasteiger partial charge in [-0.1, -0.05) is 25.2 Å². The van der Waals surface area contributed by atoms with E-state index in [1.54, 1.807) is 0 Å². The highest BCUT2D eigenvalue weighted by molar-refractivity contribution is 8.21. The minimum atomic E-state index is 0.885. The van der Waals surface area contributed by atoms with Crippen LogP contribution in [0, 0.1) is 0 Å². The second-order valence-electron chi connectivity index (χ2n) is 1.94. The molecule has 58 valence electrons. The van der Waals surface area contributed by atoms with E-state index in [9.17, 15) is 0 Å². The first kappa shape index (κ1) is 10.7. The molecule has 0 unspecified atom stereocenters. The molecule has 0 aromatic rings. The van der Waals surface area contributed by atoms with Crippen molar-refractivity contribution in [1.82, 2.24) is 4.31 Å². The fourth-order valence-corrected chi connectivity index (χ4v) is 1.25. The van der Waals surface area contributed by atoms with Crippen LogP contribution in [0.5, 0.6) is 0 Å². The first-order valence-corrected chi connectivity index (χ1v) is 4.73. The van der Waals surface area contributed by atoms with Gasteiger partial charge in [-0.25, -0.2) is 7.93 Å². The highest BCUT2D eigenvalue weighted by Crippen LogP contribution is 2.14. The van der Waals surface area contributed by atoms with Crippen LogP contribution in [0.15, 0.2) is 0 Å². The van der Waals surface area contributed by atoms with Crippen LogP contribution in [0.1, 0.15) is 19.8 Å². The molecule has 0 heterocycles. The summed E-state index contributed by atoms with van der Waals surface area (Å²) >= 11 is 2.17. The molecule has 2 nitrogen and oxygen atoms in total. The summed E-state index contributed by atoms with van der Waals surface area (Å²) in [5.74, 6) is 0. The van der Waals surface area contributed by atoms with E-state index >= 15 is 0 Å². The van der Waals surface area contributed by atoms with Gasteiger partial charge in [0.2, 0.25) is 7.12 Å². The van der Waals surface area contributed by atoms with Crippen molar-refractivity contribution in [2.45, 2.75) is 19.8 Å². The van der Waals surface area contributed by atoms with Gasteiger partial charge in [-0.2, -0.15) is 0 Å². The zero-order chi connectivity index (χ0) is 7.82. The number of unbranched alkanes of at least 4 members (excludes halogenated alkanes) is 1. The van der Waals surface area contributed by atoms with Crippen molar-refractivity contribution in [1.29, 1.82) is 0 Å². The Kier molecular flexibility index (Phi) is 8.32. The SMILES string of the molecule is [B]SOSN(C)CCCC. The lowest BCUT2D eigenvalue weighted by Crippen LogP contribution is -2.09. The van der Waals surface area contributed by atoms with Crippen LogP contribution in [0.3, 0.4) is 0 Å². The molecule has 0 bridgehead atoms. The average molecular weight is 177 g/mol. The Balaban J connectivity index is 3.00. The van der Waals surface area contributed by atoms with Crippen LogP contribution in [-0.4, -0.2) is 25.0 Å². The van der Waals surface area contributed by atoms with Crippen molar-refractivity contribution < 1.29 is 3.63 Å². The third kappa shape index (κ3) is 6.80. The molecule has 0 rings (SSSR count). The predicted molar refractivity (Wildman–Crippen MR) is 49.6 cm³/mol. The highest BCUT2D eigenvalue weighted by atomic mass is 32.2. The Morgan fingerprint density at radius 1 is 1.60 bits per heavy atom. The Hall–Kier alpha value is 0.685. The third-order valence-electron chi connectivity index (χ3n) is 1.02. The summed E-state index contributed by atoms with van der Waals surface area (Å²) in [6, 6.07) is 0. The minimum Gasteiger partial charge on any atom is -0.244 e.